The van der Waals surface area contributed by atoms with Crippen molar-refractivity contribution in [3.05, 3.63) is 12.2 Å². The average Bonchev–Trinajstić information content (AvgIpc) is 2.57. The van der Waals surface area contributed by atoms with E-state index in [1.165, 1.54) is 44.9 Å². The molecule has 5 heteroatoms. The van der Waals surface area contributed by atoms with E-state index >= 15 is 0 Å². The first-order valence-corrected chi connectivity index (χ1v) is 10.2. The Morgan fingerprint density at radius 2 is 1.08 bits per heavy atom. The molecule has 0 spiro atoms. The van der Waals surface area contributed by atoms with Crippen LogP contribution in [0.15, 0.2) is 12.2 Å². The van der Waals surface area contributed by atoms with Gasteiger partial charge in [0.2, 0.25) is 0 Å². The molecule has 0 aromatic heterocycles. The summed E-state index contributed by atoms with van der Waals surface area (Å²) in [7, 11) is 0. The predicted molar refractivity (Wildman–Crippen MR) is 104 cm³/mol. The van der Waals surface area contributed by atoms with Crippen molar-refractivity contribution < 1.29 is 24.9 Å². The molecule has 0 amide bonds. The number of aliphatic hydroxyl groups is 1. The first-order chi connectivity index (χ1) is 12.4. The maximum Gasteiger partial charge on any atom is 0.331 e. The van der Waals surface area contributed by atoms with Crippen LogP contribution in [0.5, 0.6) is 0 Å². The number of unbranched alkanes of at least 4 members (excludes halogenated alkanes) is 11. The van der Waals surface area contributed by atoms with E-state index in [-0.39, 0.29) is 11.7 Å². The second kappa shape index (κ2) is 15.9. The van der Waals surface area contributed by atoms with E-state index in [4.69, 9.17) is 10.2 Å². The molecule has 0 fully saturated rings. The molecule has 0 bridgehead atoms. The van der Waals surface area contributed by atoms with Gasteiger partial charge in [0.25, 0.3) is 0 Å². The average molecular weight is 371 g/mol. The van der Waals surface area contributed by atoms with Gasteiger partial charge in [0, 0.05) is 5.57 Å². The van der Waals surface area contributed by atoms with Gasteiger partial charge in [-0.05, 0) is 19.8 Å². The van der Waals surface area contributed by atoms with Crippen LogP contribution in [-0.4, -0.2) is 33.4 Å². The highest BCUT2D eigenvalue weighted by Gasteiger charge is 2.24. The summed E-state index contributed by atoms with van der Waals surface area (Å²) in [4.78, 5) is 21.9. The highest BCUT2D eigenvalue weighted by Crippen LogP contribution is 2.19. The number of aliphatic carboxylic acids is 2. The Morgan fingerprint density at radius 1 is 0.731 bits per heavy atom. The van der Waals surface area contributed by atoms with Crippen LogP contribution in [0.1, 0.15) is 96.8 Å². The Morgan fingerprint density at radius 3 is 1.38 bits per heavy atom. The summed E-state index contributed by atoms with van der Waals surface area (Å²) in [5.41, 5.74) is -0.219. The Labute approximate surface area is 158 Å². The largest absolute Gasteiger partial charge is 0.481 e. The van der Waals surface area contributed by atoms with Gasteiger partial charge < -0.3 is 15.3 Å². The Bertz CT molecular complexity index is 403. The molecular formula is C21H38O5. The first kappa shape index (κ1) is 24.6. The van der Waals surface area contributed by atoms with Crippen LogP contribution in [0.3, 0.4) is 0 Å². The van der Waals surface area contributed by atoms with Gasteiger partial charge in [-0.3, -0.25) is 4.79 Å². The molecule has 0 aromatic rings. The van der Waals surface area contributed by atoms with Crippen LogP contribution in [-0.2, 0) is 9.59 Å². The van der Waals surface area contributed by atoms with Gasteiger partial charge in [0.1, 0.15) is 0 Å². The quantitative estimate of drug-likeness (QED) is 0.228. The lowest BCUT2D eigenvalue weighted by Gasteiger charge is -2.11. The SMILES string of the molecule is C=C(C(=O)O)[C@@H](CCCCCCCCCCCCCC[C@@H](C)O)C(=O)O. The van der Waals surface area contributed by atoms with Gasteiger partial charge in [-0.1, -0.05) is 83.6 Å². The van der Waals surface area contributed by atoms with E-state index in [0.29, 0.717) is 6.42 Å². The van der Waals surface area contributed by atoms with Gasteiger partial charge in [-0.25, -0.2) is 4.79 Å². The molecule has 5 nitrogen and oxygen atoms in total. The van der Waals surface area contributed by atoms with Crippen molar-refractivity contribution in [3.63, 3.8) is 0 Å². The molecule has 0 unspecified atom stereocenters. The van der Waals surface area contributed by atoms with Crippen molar-refractivity contribution >= 4 is 11.9 Å². The fourth-order valence-corrected chi connectivity index (χ4v) is 3.15. The second-order valence-corrected chi connectivity index (χ2v) is 7.39. The monoisotopic (exact) mass is 370 g/mol. The minimum absolute atomic E-state index is 0.166. The first-order valence-electron chi connectivity index (χ1n) is 10.2. The Hall–Kier alpha value is -1.36. The zero-order valence-electron chi connectivity index (χ0n) is 16.4. The number of carboxylic acids is 2. The van der Waals surface area contributed by atoms with E-state index in [1.807, 2.05) is 6.92 Å². The molecule has 26 heavy (non-hydrogen) atoms. The number of carboxylic acid groups (broad SMARTS) is 2. The molecule has 0 aliphatic carbocycles. The highest BCUT2D eigenvalue weighted by molar-refractivity contribution is 5.93. The van der Waals surface area contributed by atoms with Crippen molar-refractivity contribution in [2.45, 2.75) is 103 Å². The van der Waals surface area contributed by atoms with Crippen molar-refractivity contribution in [2.75, 3.05) is 0 Å². The topological polar surface area (TPSA) is 94.8 Å². The summed E-state index contributed by atoms with van der Waals surface area (Å²) in [6.45, 7) is 5.22. The maximum absolute atomic E-state index is 11.1. The van der Waals surface area contributed by atoms with Gasteiger partial charge in [0.15, 0.2) is 0 Å². The third-order valence-electron chi connectivity index (χ3n) is 4.86. The van der Waals surface area contributed by atoms with Gasteiger partial charge in [-0.2, -0.15) is 0 Å². The van der Waals surface area contributed by atoms with Gasteiger partial charge in [-0.15, -0.1) is 0 Å². The molecule has 0 heterocycles. The Kier molecular flexibility index (Phi) is 15.0. The van der Waals surface area contributed by atoms with Crippen LogP contribution in [0.2, 0.25) is 0 Å². The molecule has 3 N–H and O–H groups in total. The van der Waals surface area contributed by atoms with Crippen LogP contribution in [0, 0.1) is 5.92 Å². The molecular weight excluding hydrogens is 332 g/mol. The van der Waals surface area contributed by atoms with Crippen molar-refractivity contribution in [2.24, 2.45) is 5.92 Å². The number of carbonyl (C=O) groups is 2. The van der Waals surface area contributed by atoms with Crippen LogP contribution in [0.25, 0.3) is 0 Å². The van der Waals surface area contributed by atoms with Gasteiger partial charge in [0.05, 0.1) is 12.0 Å². The molecule has 0 saturated heterocycles. The molecule has 152 valence electrons. The molecule has 0 radical (unpaired) electrons. The number of hydrogen-bond acceptors (Lipinski definition) is 3. The second-order valence-electron chi connectivity index (χ2n) is 7.39. The third kappa shape index (κ3) is 13.9. The van der Waals surface area contributed by atoms with E-state index < -0.39 is 17.9 Å². The molecule has 0 aliphatic heterocycles. The highest BCUT2D eigenvalue weighted by atomic mass is 16.4. The summed E-state index contributed by atoms with van der Waals surface area (Å²) in [5, 5.41) is 27.1. The zero-order valence-corrected chi connectivity index (χ0v) is 16.4. The molecule has 0 saturated carbocycles. The lowest BCUT2D eigenvalue weighted by molar-refractivity contribution is -0.144. The molecule has 0 aliphatic rings. The molecule has 2 atom stereocenters. The summed E-state index contributed by atoms with van der Waals surface area (Å²) in [6, 6.07) is 0. The van der Waals surface area contributed by atoms with Gasteiger partial charge >= 0.3 is 11.9 Å². The fraction of sp³-hybridized carbons (Fsp3) is 0.810. The van der Waals surface area contributed by atoms with Crippen molar-refractivity contribution in [1.82, 2.24) is 0 Å². The lowest BCUT2D eigenvalue weighted by atomic mass is 9.93. The summed E-state index contributed by atoms with van der Waals surface area (Å²) < 4.78 is 0. The minimum atomic E-state index is -1.22. The minimum Gasteiger partial charge on any atom is -0.481 e. The molecule has 0 rings (SSSR count). The van der Waals surface area contributed by atoms with Crippen LogP contribution >= 0.6 is 0 Å². The predicted octanol–water partition coefficient (Wildman–Crippen LogP) is 5.17. The number of aliphatic hydroxyl groups excluding tert-OH is 1. The number of rotatable bonds is 18. The standard InChI is InChI=1S/C21H38O5/c1-17(22)15-13-11-9-7-5-3-4-6-8-10-12-14-16-19(21(25)26)18(2)20(23)24/h17,19,22H,2-16H2,1H3,(H,23,24)(H,25,26)/t17-,19-/m1/s1. The van der Waals surface area contributed by atoms with Crippen LogP contribution in [0.4, 0.5) is 0 Å². The van der Waals surface area contributed by atoms with E-state index in [2.05, 4.69) is 6.58 Å². The van der Waals surface area contributed by atoms with Crippen molar-refractivity contribution in [3.8, 4) is 0 Å². The normalized spacial score (nSPS) is 13.3. The van der Waals surface area contributed by atoms with Crippen molar-refractivity contribution in [1.29, 1.82) is 0 Å². The lowest BCUT2D eigenvalue weighted by Crippen LogP contribution is -2.20. The summed E-state index contributed by atoms with van der Waals surface area (Å²) >= 11 is 0. The smallest absolute Gasteiger partial charge is 0.331 e. The summed E-state index contributed by atoms with van der Waals surface area (Å²) in [5.74, 6) is -3.28. The Balaban J connectivity index is 3.44. The third-order valence-corrected chi connectivity index (χ3v) is 4.86. The van der Waals surface area contributed by atoms with E-state index in [0.717, 1.165) is 38.5 Å². The maximum atomic E-state index is 11.1. The molecule has 0 aromatic carbocycles. The summed E-state index contributed by atoms with van der Waals surface area (Å²) in [6.07, 6.45) is 14.9. The van der Waals surface area contributed by atoms with Crippen LogP contribution < -0.4 is 0 Å². The fourth-order valence-electron chi connectivity index (χ4n) is 3.15. The van der Waals surface area contributed by atoms with E-state index in [9.17, 15) is 14.7 Å². The zero-order chi connectivity index (χ0) is 19.8. The van der Waals surface area contributed by atoms with E-state index in [1.54, 1.807) is 0 Å². The number of hydrogen-bond donors (Lipinski definition) is 3.